The van der Waals surface area contributed by atoms with Crippen molar-refractivity contribution in [2.45, 2.75) is 90.4 Å². The van der Waals surface area contributed by atoms with Crippen LogP contribution in [0.25, 0.3) is 0 Å². The van der Waals surface area contributed by atoms with Crippen molar-refractivity contribution in [2.24, 2.45) is 0 Å². The van der Waals surface area contributed by atoms with Crippen LogP contribution in [0.3, 0.4) is 0 Å². The molecule has 0 saturated heterocycles. The topological polar surface area (TPSA) is 117 Å². The largest absolute Gasteiger partial charge is 0.466 e. The normalized spacial score (nSPS) is 16.5. The van der Waals surface area contributed by atoms with Crippen LogP contribution in [-0.2, 0) is 33.0 Å². The highest BCUT2D eigenvalue weighted by atomic mass is 32.2. The molecule has 11 heteroatoms. The van der Waals surface area contributed by atoms with Gasteiger partial charge in [-0.05, 0) is 51.9 Å². The van der Waals surface area contributed by atoms with E-state index in [0.717, 1.165) is 12.3 Å². The number of esters is 1. The van der Waals surface area contributed by atoms with Crippen molar-refractivity contribution in [3.63, 3.8) is 0 Å². The summed E-state index contributed by atoms with van der Waals surface area (Å²) in [7, 11) is -5.04. The van der Waals surface area contributed by atoms with Gasteiger partial charge >= 0.3 is 12.1 Å². The average molecular weight is 482 g/mol. The summed E-state index contributed by atoms with van der Waals surface area (Å²) in [5, 5.41) is 2.52. The van der Waals surface area contributed by atoms with E-state index in [9.17, 15) is 18.0 Å². The molecule has 0 aromatic rings. The maximum absolute atomic E-state index is 12.5. The highest BCUT2D eigenvalue weighted by molar-refractivity contribution is 7.86. The lowest BCUT2D eigenvalue weighted by Gasteiger charge is -2.41. The fraction of sp³-hybridized carbons (Fsp3) is 0.800. The highest BCUT2D eigenvalue weighted by Gasteiger charge is 2.42. The smallest absolute Gasteiger partial charge is 0.408 e. The van der Waals surface area contributed by atoms with Crippen LogP contribution in [0.5, 0.6) is 0 Å². The van der Waals surface area contributed by atoms with Crippen molar-refractivity contribution in [1.29, 1.82) is 0 Å². The monoisotopic (exact) mass is 481 g/mol. The first kappa shape index (κ1) is 29.6. The van der Waals surface area contributed by atoms with Gasteiger partial charge in [0.2, 0.25) is 0 Å². The Balaban J connectivity index is 6.14. The Labute approximate surface area is 188 Å². The number of carbonyl (C=O) groups excluding carboxylic acids is 2. The number of amides is 1. The predicted molar refractivity (Wildman–Crippen MR) is 122 cm³/mol. The van der Waals surface area contributed by atoms with Gasteiger partial charge in [-0.2, -0.15) is 8.42 Å². The SMILES string of the molecule is COC(=O)/C=C/[C@H](OS(C)(=O)=O)[C@@H](NC(=O)OC(C)(C)C)[C@H](C)O[Si](C)(C)C(C)(C)C. The van der Waals surface area contributed by atoms with E-state index in [-0.39, 0.29) is 5.04 Å². The summed E-state index contributed by atoms with van der Waals surface area (Å²) in [6.45, 7) is 17.1. The van der Waals surface area contributed by atoms with E-state index in [2.05, 4.69) is 30.8 Å². The Morgan fingerprint density at radius 1 is 1.06 bits per heavy atom. The fourth-order valence-corrected chi connectivity index (χ4v) is 4.30. The summed E-state index contributed by atoms with van der Waals surface area (Å²) >= 11 is 0. The van der Waals surface area contributed by atoms with Crippen molar-refractivity contribution in [1.82, 2.24) is 5.32 Å². The Morgan fingerprint density at radius 3 is 1.97 bits per heavy atom. The molecule has 0 saturated carbocycles. The van der Waals surface area contributed by atoms with Crippen LogP contribution in [0, 0.1) is 0 Å². The van der Waals surface area contributed by atoms with Gasteiger partial charge in [0.1, 0.15) is 11.7 Å². The minimum atomic E-state index is -3.94. The molecule has 0 unspecified atom stereocenters. The number of carbonyl (C=O) groups is 2. The zero-order chi connectivity index (χ0) is 24.8. The average Bonchev–Trinajstić information content (AvgIpc) is 2.51. The molecule has 182 valence electrons. The molecule has 1 amide bonds. The number of nitrogens with one attached hydrogen (secondary N) is 1. The van der Waals surface area contributed by atoms with Gasteiger partial charge in [0.25, 0.3) is 10.1 Å². The fourth-order valence-electron chi connectivity index (χ4n) is 2.28. The molecule has 0 bridgehead atoms. The van der Waals surface area contributed by atoms with Crippen LogP contribution < -0.4 is 5.32 Å². The molecule has 0 aromatic heterocycles. The van der Waals surface area contributed by atoms with Crippen LogP contribution in [0.1, 0.15) is 48.5 Å². The first-order valence-electron chi connectivity index (χ1n) is 10.0. The zero-order valence-corrected chi connectivity index (χ0v) is 22.4. The van der Waals surface area contributed by atoms with Crippen LogP contribution in [0.2, 0.25) is 18.1 Å². The lowest BCUT2D eigenvalue weighted by Crippen LogP contribution is -2.56. The van der Waals surface area contributed by atoms with E-state index in [0.29, 0.717) is 0 Å². The molecule has 0 spiro atoms. The van der Waals surface area contributed by atoms with Gasteiger partial charge in [0.15, 0.2) is 8.32 Å². The van der Waals surface area contributed by atoms with Crippen molar-refractivity contribution in [3.8, 4) is 0 Å². The lowest BCUT2D eigenvalue weighted by atomic mass is 10.1. The standard InChI is InChI=1S/C20H39NO8SSi/c1-14(29-31(10,11)20(5,6)7)17(21-18(23)27-19(2,3)4)15(28-30(9,24)25)12-13-16(22)26-8/h12-15,17H,1-11H3,(H,21,23)/b13-12+/t14-,15-,17-/m0/s1. The number of ether oxygens (including phenoxy) is 2. The molecule has 0 radical (unpaired) electrons. The molecule has 1 N–H and O–H groups in total. The van der Waals surface area contributed by atoms with E-state index in [4.69, 9.17) is 13.3 Å². The molecule has 0 heterocycles. The molecule has 31 heavy (non-hydrogen) atoms. The zero-order valence-electron chi connectivity index (χ0n) is 20.6. The molecule has 0 rings (SSSR count). The summed E-state index contributed by atoms with van der Waals surface area (Å²) in [5.74, 6) is -0.698. The van der Waals surface area contributed by atoms with Crippen LogP contribution in [0.15, 0.2) is 12.2 Å². The molecule has 0 aliphatic heterocycles. The van der Waals surface area contributed by atoms with E-state index in [1.54, 1.807) is 27.7 Å². The number of methoxy groups -OCH3 is 1. The molecule has 9 nitrogen and oxygen atoms in total. The van der Waals surface area contributed by atoms with Gasteiger partial charge in [-0.15, -0.1) is 0 Å². The van der Waals surface area contributed by atoms with Gasteiger partial charge in [-0.1, -0.05) is 20.8 Å². The molecule has 0 aliphatic carbocycles. The van der Waals surface area contributed by atoms with E-state index in [1.807, 2.05) is 13.1 Å². The van der Waals surface area contributed by atoms with Gasteiger partial charge in [0.05, 0.1) is 25.5 Å². The van der Waals surface area contributed by atoms with Crippen molar-refractivity contribution in [2.75, 3.05) is 13.4 Å². The minimum Gasteiger partial charge on any atom is -0.466 e. The van der Waals surface area contributed by atoms with Crippen LogP contribution in [-0.4, -0.2) is 66.0 Å². The van der Waals surface area contributed by atoms with Gasteiger partial charge in [-0.3, -0.25) is 4.18 Å². The number of hydrogen-bond acceptors (Lipinski definition) is 8. The van der Waals surface area contributed by atoms with Crippen molar-refractivity contribution < 1.29 is 36.1 Å². The molecule has 0 aromatic carbocycles. The third kappa shape index (κ3) is 11.7. The summed E-state index contributed by atoms with van der Waals surface area (Å²) in [4.78, 5) is 24.1. The Bertz CT molecular complexity index is 750. The van der Waals surface area contributed by atoms with E-state index >= 15 is 0 Å². The second-order valence-electron chi connectivity index (χ2n) is 9.90. The van der Waals surface area contributed by atoms with Gasteiger partial charge in [-0.25, -0.2) is 9.59 Å². The number of rotatable bonds is 9. The summed E-state index contributed by atoms with van der Waals surface area (Å²) in [5.41, 5.74) is -0.771. The second-order valence-corrected chi connectivity index (χ2v) is 16.3. The van der Waals surface area contributed by atoms with Crippen molar-refractivity contribution >= 4 is 30.5 Å². The Kier molecular flexibility index (Phi) is 10.4. The predicted octanol–water partition coefficient (Wildman–Crippen LogP) is 3.36. The quantitative estimate of drug-likeness (QED) is 0.231. The van der Waals surface area contributed by atoms with E-state index < -0.39 is 54.3 Å². The molecule has 0 aliphatic rings. The second kappa shape index (κ2) is 10.9. The van der Waals surface area contributed by atoms with Crippen LogP contribution >= 0.6 is 0 Å². The third-order valence-corrected chi connectivity index (χ3v) is 9.88. The maximum Gasteiger partial charge on any atom is 0.408 e. The third-order valence-electron chi connectivity index (χ3n) is 4.74. The first-order chi connectivity index (χ1) is 13.7. The van der Waals surface area contributed by atoms with E-state index in [1.165, 1.54) is 13.2 Å². The lowest BCUT2D eigenvalue weighted by molar-refractivity contribution is -0.134. The Morgan fingerprint density at radius 2 is 1.58 bits per heavy atom. The summed E-state index contributed by atoms with van der Waals surface area (Å²) < 4.78 is 45.2. The summed E-state index contributed by atoms with van der Waals surface area (Å²) in [6.07, 6.45) is 0.482. The molecule has 0 fully saturated rings. The maximum atomic E-state index is 12.5. The number of hydrogen-bond donors (Lipinski definition) is 1. The highest BCUT2D eigenvalue weighted by Crippen LogP contribution is 2.38. The molecular formula is C20H39NO8SSi. The Hall–Kier alpha value is -1.43. The minimum absolute atomic E-state index is 0.132. The van der Waals surface area contributed by atoms with Crippen LogP contribution in [0.4, 0.5) is 4.79 Å². The van der Waals surface area contributed by atoms with Gasteiger partial charge in [0, 0.05) is 6.08 Å². The number of alkyl carbamates (subject to hydrolysis) is 1. The van der Waals surface area contributed by atoms with Gasteiger partial charge < -0.3 is 19.2 Å². The summed E-state index contributed by atoms with van der Waals surface area (Å²) in [6, 6.07) is -0.973. The van der Waals surface area contributed by atoms with Crippen molar-refractivity contribution in [3.05, 3.63) is 12.2 Å². The molecule has 3 atom stereocenters. The first-order valence-corrected chi connectivity index (χ1v) is 14.7. The molecular weight excluding hydrogens is 442 g/mol.